The van der Waals surface area contributed by atoms with Crippen LogP contribution in [0.2, 0.25) is 0 Å². The van der Waals surface area contributed by atoms with Crippen LogP contribution >= 0.6 is 0 Å². The van der Waals surface area contributed by atoms with Crippen LogP contribution in [0.15, 0.2) is 59.7 Å². The Labute approximate surface area is 163 Å². The maximum absolute atomic E-state index is 12.9. The monoisotopic (exact) mass is 379 g/mol. The maximum atomic E-state index is 12.9. The van der Waals surface area contributed by atoms with Crippen molar-refractivity contribution in [2.45, 2.75) is 26.3 Å². The zero-order chi connectivity index (χ0) is 20.1. The molecule has 1 N–H and O–H groups in total. The molecule has 1 amide bonds. The minimum Gasteiger partial charge on any atom is -0.461 e. The van der Waals surface area contributed by atoms with Crippen molar-refractivity contribution in [2.75, 3.05) is 16.9 Å². The molecule has 1 atom stereocenters. The summed E-state index contributed by atoms with van der Waals surface area (Å²) in [4.78, 5) is 36.4. The van der Waals surface area contributed by atoms with Crippen molar-refractivity contribution in [3.63, 3.8) is 0 Å². The number of ketones is 1. The van der Waals surface area contributed by atoms with Gasteiger partial charge in [0.25, 0.3) is 0 Å². The number of hydrogen-bond donors (Lipinski definition) is 1. The molecule has 28 heavy (non-hydrogen) atoms. The number of ether oxygens (including phenoxy) is 1. The molecule has 0 fully saturated rings. The predicted octanol–water partition coefficient (Wildman–Crippen LogP) is 3.03. The van der Waals surface area contributed by atoms with Gasteiger partial charge in [0.2, 0.25) is 5.91 Å². The largest absolute Gasteiger partial charge is 0.461 e. The fourth-order valence-electron chi connectivity index (χ4n) is 2.88. The molecule has 1 unspecified atom stereocenters. The number of esters is 1. The molecule has 0 bridgehead atoms. The van der Waals surface area contributed by atoms with Crippen LogP contribution in [-0.2, 0) is 14.3 Å². The first-order chi connectivity index (χ1) is 13.5. The fraction of sp³-hybridized carbons (Fsp3) is 0.238. The van der Waals surface area contributed by atoms with Gasteiger partial charge in [-0.1, -0.05) is 18.2 Å². The summed E-state index contributed by atoms with van der Waals surface area (Å²) in [5, 5.41) is 8.69. The van der Waals surface area contributed by atoms with Crippen LogP contribution in [0.4, 0.5) is 11.4 Å². The molecular weight excluding hydrogens is 358 g/mol. The number of benzene rings is 2. The molecule has 7 heteroatoms. The molecule has 7 nitrogen and oxygen atoms in total. The quantitative estimate of drug-likeness (QED) is 0.616. The fourth-order valence-corrected chi connectivity index (χ4v) is 2.88. The molecule has 0 aliphatic carbocycles. The van der Waals surface area contributed by atoms with E-state index in [2.05, 4.69) is 10.4 Å². The summed E-state index contributed by atoms with van der Waals surface area (Å²) in [5.74, 6) is -0.872. The van der Waals surface area contributed by atoms with Crippen molar-refractivity contribution in [1.82, 2.24) is 0 Å². The lowest BCUT2D eigenvalue weighted by Gasteiger charge is -2.22. The topological polar surface area (TPSA) is 88.1 Å². The van der Waals surface area contributed by atoms with E-state index in [1.807, 2.05) is 30.3 Å². The number of anilines is 2. The first-order valence-electron chi connectivity index (χ1n) is 9.00. The van der Waals surface area contributed by atoms with E-state index in [1.165, 1.54) is 11.9 Å². The van der Waals surface area contributed by atoms with Gasteiger partial charge in [-0.3, -0.25) is 14.6 Å². The summed E-state index contributed by atoms with van der Waals surface area (Å²) in [7, 11) is 0. The van der Waals surface area contributed by atoms with Crippen molar-refractivity contribution in [3.05, 3.63) is 60.2 Å². The first-order valence-corrected chi connectivity index (χ1v) is 9.00. The molecule has 1 aliphatic rings. The molecule has 0 radical (unpaired) electrons. The van der Waals surface area contributed by atoms with Crippen LogP contribution in [-0.4, -0.2) is 36.0 Å². The number of nitrogens with one attached hydrogen (secondary N) is 1. The van der Waals surface area contributed by atoms with Crippen LogP contribution < -0.4 is 10.3 Å². The van der Waals surface area contributed by atoms with Crippen LogP contribution in [0.5, 0.6) is 0 Å². The summed E-state index contributed by atoms with van der Waals surface area (Å²) in [6.45, 7) is 3.44. The van der Waals surface area contributed by atoms with E-state index >= 15 is 0 Å². The van der Waals surface area contributed by atoms with E-state index < -0.39 is 12.0 Å². The van der Waals surface area contributed by atoms with Gasteiger partial charge in [0.15, 0.2) is 5.78 Å². The third-order valence-electron chi connectivity index (χ3n) is 4.30. The second-order valence-corrected chi connectivity index (χ2v) is 6.29. The minimum atomic E-state index is -0.686. The molecule has 2 aromatic rings. The van der Waals surface area contributed by atoms with Gasteiger partial charge in [-0.2, -0.15) is 5.10 Å². The lowest BCUT2D eigenvalue weighted by molar-refractivity contribution is -0.135. The summed E-state index contributed by atoms with van der Waals surface area (Å²) in [5.41, 5.74) is 2.04. The lowest BCUT2D eigenvalue weighted by Crippen LogP contribution is -2.38. The molecule has 2 aromatic carbocycles. The number of para-hydroxylation sites is 1. The highest BCUT2D eigenvalue weighted by Crippen LogP contribution is 2.26. The second-order valence-electron chi connectivity index (χ2n) is 6.29. The summed E-state index contributed by atoms with van der Waals surface area (Å²) in [6.07, 6.45) is 0.144. The molecule has 0 aromatic heterocycles. The van der Waals surface area contributed by atoms with Crippen LogP contribution in [0.25, 0.3) is 0 Å². The molecule has 0 saturated carbocycles. The molecular formula is C21H21N3O4. The SMILES string of the molecule is CCOC(=O)C1=NN(c2ccccc2)C(C(=O)Nc2ccc(C(C)=O)cc2)C1. The van der Waals surface area contributed by atoms with Crippen molar-refractivity contribution in [3.8, 4) is 0 Å². The predicted molar refractivity (Wildman–Crippen MR) is 106 cm³/mol. The van der Waals surface area contributed by atoms with E-state index in [0.717, 1.165) is 0 Å². The number of carbonyl (C=O) groups is 3. The molecule has 1 aliphatic heterocycles. The third kappa shape index (κ3) is 4.25. The van der Waals surface area contributed by atoms with E-state index in [-0.39, 0.29) is 30.4 Å². The Kier molecular flexibility index (Phi) is 5.84. The van der Waals surface area contributed by atoms with Gasteiger partial charge < -0.3 is 10.1 Å². The van der Waals surface area contributed by atoms with Crippen LogP contribution in [0, 0.1) is 0 Å². The second kappa shape index (κ2) is 8.47. The number of hydrogen-bond acceptors (Lipinski definition) is 6. The Morgan fingerprint density at radius 1 is 1.11 bits per heavy atom. The van der Waals surface area contributed by atoms with Gasteiger partial charge in [-0.05, 0) is 50.2 Å². The number of amides is 1. The number of carbonyl (C=O) groups excluding carboxylic acids is 3. The van der Waals surface area contributed by atoms with Crippen LogP contribution in [0.1, 0.15) is 30.6 Å². The van der Waals surface area contributed by atoms with Gasteiger partial charge in [0.1, 0.15) is 11.8 Å². The first kappa shape index (κ1) is 19.3. The Morgan fingerprint density at radius 3 is 2.39 bits per heavy atom. The highest BCUT2D eigenvalue weighted by atomic mass is 16.5. The van der Waals surface area contributed by atoms with Gasteiger partial charge >= 0.3 is 5.97 Å². The third-order valence-corrected chi connectivity index (χ3v) is 4.30. The van der Waals surface area contributed by atoms with Gasteiger partial charge in [0.05, 0.1) is 12.3 Å². The average molecular weight is 379 g/mol. The summed E-state index contributed by atoms with van der Waals surface area (Å²) < 4.78 is 5.03. The highest BCUT2D eigenvalue weighted by Gasteiger charge is 2.36. The number of nitrogens with zero attached hydrogens (tertiary/aromatic N) is 2. The van der Waals surface area contributed by atoms with Gasteiger partial charge in [0, 0.05) is 17.7 Å². The van der Waals surface area contributed by atoms with Crippen molar-refractivity contribution in [2.24, 2.45) is 5.10 Å². The van der Waals surface area contributed by atoms with Gasteiger partial charge in [-0.25, -0.2) is 4.79 Å². The van der Waals surface area contributed by atoms with E-state index in [4.69, 9.17) is 4.74 Å². The van der Waals surface area contributed by atoms with Crippen LogP contribution in [0.3, 0.4) is 0 Å². The number of hydrazone groups is 1. The van der Waals surface area contributed by atoms with E-state index in [1.54, 1.807) is 31.2 Å². The number of rotatable bonds is 6. The Hall–Kier alpha value is -3.48. The summed E-state index contributed by atoms with van der Waals surface area (Å²) >= 11 is 0. The Balaban J connectivity index is 1.80. The van der Waals surface area contributed by atoms with Gasteiger partial charge in [-0.15, -0.1) is 0 Å². The zero-order valence-corrected chi connectivity index (χ0v) is 15.7. The molecule has 0 saturated heterocycles. The Bertz CT molecular complexity index is 907. The smallest absolute Gasteiger partial charge is 0.354 e. The van der Waals surface area contributed by atoms with Crippen molar-refractivity contribution < 1.29 is 19.1 Å². The van der Waals surface area contributed by atoms with E-state index in [9.17, 15) is 14.4 Å². The maximum Gasteiger partial charge on any atom is 0.354 e. The summed E-state index contributed by atoms with van der Waals surface area (Å²) in [6, 6.07) is 15.1. The molecule has 144 valence electrons. The molecule has 3 rings (SSSR count). The van der Waals surface area contributed by atoms with Crippen molar-refractivity contribution >= 4 is 34.7 Å². The molecule has 1 heterocycles. The normalized spacial score (nSPS) is 15.7. The average Bonchev–Trinajstić information content (AvgIpc) is 3.15. The van der Waals surface area contributed by atoms with Crippen molar-refractivity contribution in [1.29, 1.82) is 0 Å². The Morgan fingerprint density at radius 2 is 1.79 bits per heavy atom. The highest BCUT2D eigenvalue weighted by molar-refractivity contribution is 6.38. The molecule has 0 spiro atoms. The number of Topliss-reactive ketones (excluding diaryl/α,β-unsaturated/α-hetero) is 1. The minimum absolute atomic E-state index is 0.0450. The van der Waals surface area contributed by atoms with E-state index in [0.29, 0.717) is 16.9 Å². The zero-order valence-electron chi connectivity index (χ0n) is 15.7. The standard InChI is InChI=1S/C21H21N3O4/c1-3-28-21(27)18-13-19(24(23-18)17-7-5-4-6-8-17)20(26)22-16-11-9-15(10-12-16)14(2)25/h4-12,19H,3,13H2,1-2H3,(H,22,26). The lowest BCUT2D eigenvalue weighted by atomic mass is 10.1.